The van der Waals surface area contributed by atoms with Gasteiger partial charge in [-0.1, -0.05) is 85.3 Å². The molecule has 2 aromatic carbocycles. The highest BCUT2D eigenvalue weighted by molar-refractivity contribution is 8.14. The summed E-state index contributed by atoms with van der Waals surface area (Å²) in [6.45, 7) is 0. The van der Waals surface area contributed by atoms with Crippen LogP contribution >= 0.6 is 11.8 Å². The lowest BCUT2D eigenvalue weighted by molar-refractivity contribution is -0.116. The van der Waals surface area contributed by atoms with Crippen molar-refractivity contribution in [2.24, 2.45) is 0 Å². The van der Waals surface area contributed by atoms with E-state index in [1.807, 2.05) is 48.5 Å². The molecular weight excluding hydrogens is 344 g/mol. The highest BCUT2D eigenvalue weighted by atomic mass is 32.2. The van der Waals surface area contributed by atoms with Crippen molar-refractivity contribution in [3.8, 4) is 0 Å². The normalized spacial score (nSPS) is 10.5. The van der Waals surface area contributed by atoms with Crippen LogP contribution in [0.2, 0.25) is 0 Å². The van der Waals surface area contributed by atoms with E-state index < -0.39 is 0 Å². The van der Waals surface area contributed by atoms with Crippen LogP contribution in [-0.2, 0) is 4.79 Å². The lowest BCUT2D eigenvalue weighted by atomic mass is 10.0. The van der Waals surface area contributed by atoms with E-state index in [0.717, 1.165) is 43.0 Å². The van der Waals surface area contributed by atoms with Crippen LogP contribution in [0.5, 0.6) is 0 Å². The third-order valence-corrected chi connectivity index (χ3v) is 5.04. The second kappa shape index (κ2) is 11.4. The Morgan fingerprint density at radius 2 is 1.19 bits per heavy atom. The lowest BCUT2D eigenvalue weighted by Crippen LogP contribution is -2.05. The number of thioether (sulfide) groups is 1. The van der Waals surface area contributed by atoms with Crippen molar-refractivity contribution in [2.45, 2.75) is 38.5 Å². The zero-order valence-electron chi connectivity index (χ0n) is 14.9. The van der Waals surface area contributed by atoms with Crippen molar-refractivity contribution in [3.63, 3.8) is 0 Å². The summed E-state index contributed by atoms with van der Waals surface area (Å²) in [6, 6.07) is 18.4. The molecule has 136 valence electrons. The predicted molar refractivity (Wildman–Crippen MR) is 107 cm³/mol. The number of Topliss-reactive ketones (excluding diaryl/α,β-unsaturated/α-hetero) is 2. The van der Waals surface area contributed by atoms with Gasteiger partial charge in [0.25, 0.3) is 0 Å². The minimum absolute atomic E-state index is 0.0571. The van der Waals surface area contributed by atoms with Gasteiger partial charge in [0.2, 0.25) is 5.12 Å². The Morgan fingerprint density at radius 3 is 1.81 bits per heavy atom. The summed E-state index contributed by atoms with van der Waals surface area (Å²) in [4.78, 5) is 35.8. The Labute approximate surface area is 159 Å². The molecule has 0 fully saturated rings. The SMILES string of the molecule is O=C(CCCCCCC(=O)c1ccccc1)CSC(=O)c1ccccc1. The number of rotatable bonds is 11. The molecule has 0 saturated carbocycles. The maximum atomic E-state index is 12.0. The van der Waals surface area contributed by atoms with Gasteiger partial charge in [-0.05, 0) is 12.8 Å². The van der Waals surface area contributed by atoms with E-state index in [1.54, 1.807) is 12.1 Å². The minimum Gasteiger partial charge on any atom is -0.299 e. The fourth-order valence-corrected chi connectivity index (χ4v) is 3.34. The first-order chi connectivity index (χ1) is 12.7. The smallest absolute Gasteiger partial charge is 0.219 e. The summed E-state index contributed by atoms with van der Waals surface area (Å²) in [5.41, 5.74) is 1.40. The molecule has 0 aliphatic carbocycles. The molecule has 4 heteroatoms. The molecule has 0 aromatic heterocycles. The summed E-state index contributed by atoms with van der Waals surface area (Å²) < 4.78 is 0. The van der Waals surface area contributed by atoms with Crippen molar-refractivity contribution >= 4 is 28.4 Å². The molecule has 0 aliphatic heterocycles. The van der Waals surface area contributed by atoms with Crippen molar-refractivity contribution < 1.29 is 14.4 Å². The molecule has 0 bridgehead atoms. The molecule has 0 radical (unpaired) electrons. The molecule has 0 spiro atoms. The summed E-state index contributed by atoms with van der Waals surface area (Å²) >= 11 is 1.07. The van der Waals surface area contributed by atoms with Crippen molar-refractivity contribution in [1.29, 1.82) is 0 Å². The van der Waals surface area contributed by atoms with Crippen LogP contribution in [0.1, 0.15) is 59.2 Å². The van der Waals surface area contributed by atoms with Crippen LogP contribution < -0.4 is 0 Å². The molecule has 2 aromatic rings. The average molecular weight is 368 g/mol. The van der Waals surface area contributed by atoms with Gasteiger partial charge in [-0.2, -0.15) is 0 Å². The first-order valence-corrected chi connectivity index (χ1v) is 9.97. The van der Waals surface area contributed by atoms with Crippen LogP contribution in [0.3, 0.4) is 0 Å². The summed E-state index contributed by atoms with van der Waals surface area (Å²) in [5, 5.41) is -0.0571. The molecular formula is C22H24O3S. The van der Waals surface area contributed by atoms with E-state index in [2.05, 4.69) is 0 Å². The third-order valence-electron chi connectivity index (χ3n) is 4.08. The molecule has 0 heterocycles. The maximum absolute atomic E-state index is 12.0. The molecule has 0 unspecified atom stereocenters. The van der Waals surface area contributed by atoms with Gasteiger partial charge < -0.3 is 0 Å². The molecule has 26 heavy (non-hydrogen) atoms. The Bertz CT molecular complexity index is 711. The summed E-state index contributed by atoms with van der Waals surface area (Å²) in [7, 11) is 0. The highest BCUT2D eigenvalue weighted by Gasteiger charge is 2.10. The number of carbonyl (C=O) groups is 3. The molecule has 0 amide bonds. The quantitative estimate of drug-likeness (QED) is 0.396. The van der Waals surface area contributed by atoms with Gasteiger partial charge in [0.05, 0.1) is 5.75 Å². The topological polar surface area (TPSA) is 51.2 Å². The van der Waals surface area contributed by atoms with Crippen LogP contribution in [0.15, 0.2) is 60.7 Å². The first kappa shape index (κ1) is 20.1. The number of carbonyl (C=O) groups excluding carboxylic acids is 3. The second-order valence-corrected chi connectivity index (χ2v) is 7.13. The van der Waals surface area contributed by atoms with Gasteiger partial charge in [-0.25, -0.2) is 0 Å². The van der Waals surface area contributed by atoms with Crippen LogP contribution in [0, 0.1) is 0 Å². The molecule has 0 N–H and O–H groups in total. The third kappa shape index (κ3) is 7.36. The van der Waals surface area contributed by atoms with Gasteiger partial charge in [0, 0.05) is 24.0 Å². The van der Waals surface area contributed by atoms with E-state index in [4.69, 9.17) is 0 Å². The molecule has 0 saturated heterocycles. The molecule has 3 nitrogen and oxygen atoms in total. The van der Waals surface area contributed by atoms with Gasteiger partial charge in [0.1, 0.15) is 5.78 Å². The van der Waals surface area contributed by atoms with E-state index >= 15 is 0 Å². The molecule has 2 rings (SSSR count). The fraction of sp³-hybridized carbons (Fsp3) is 0.318. The van der Waals surface area contributed by atoms with Crippen LogP contribution in [0.4, 0.5) is 0 Å². The Morgan fingerprint density at radius 1 is 0.654 bits per heavy atom. The Balaban J connectivity index is 1.52. The maximum Gasteiger partial charge on any atom is 0.219 e. The Kier molecular flexibility index (Phi) is 8.84. The number of unbranched alkanes of at least 4 members (excludes halogenated alkanes) is 3. The van der Waals surface area contributed by atoms with Crippen molar-refractivity contribution in [1.82, 2.24) is 0 Å². The van der Waals surface area contributed by atoms with E-state index in [1.165, 1.54) is 0 Å². The van der Waals surface area contributed by atoms with E-state index in [0.29, 0.717) is 18.4 Å². The zero-order valence-corrected chi connectivity index (χ0v) is 15.7. The van der Waals surface area contributed by atoms with Crippen LogP contribution in [-0.4, -0.2) is 22.4 Å². The van der Waals surface area contributed by atoms with E-state index in [-0.39, 0.29) is 22.4 Å². The molecule has 0 atom stereocenters. The highest BCUT2D eigenvalue weighted by Crippen LogP contribution is 2.14. The average Bonchev–Trinajstić information content (AvgIpc) is 2.69. The van der Waals surface area contributed by atoms with E-state index in [9.17, 15) is 14.4 Å². The van der Waals surface area contributed by atoms with Crippen molar-refractivity contribution in [3.05, 3.63) is 71.8 Å². The fourth-order valence-electron chi connectivity index (χ4n) is 2.61. The predicted octanol–water partition coefficient (Wildman–Crippen LogP) is 5.35. The van der Waals surface area contributed by atoms with Gasteiger partial charge >= 0.3 is 0 Å². The summed E-state index contributed by atoms with van der Waals surface area (Å²) in [6.07, 6.45) is 4.61. The number of ketones is 2. The Hall–Kier alpha value is -2.20. The molecule has 0 aliphatic rings. The number of benzene rings is 2. The standard InChI is InChI=1S/C22H24O3S/c23-20(17-26-22(25)19-13-7-4-8-14-19)15-9-1-2-10-16-21(24)18-11-5-3-6-12-18/h3-8,11-14H,1-2,9-10,15-17H2. The first-order valence-electron chi connectivity index (χ1n) is 8.99. The summed E-state index contributed by atoms with van der Waals surface area (Å²) in [5.74, 6) is 0.525. The largest absolute Gasteiger partial charge is 0.299 e. The zero-order chi connectivity index (χ0) is 18.6. The van der Waals surface area contributed by atoms with Gasteiger partial charge in [-0.3, -0.25) is 14.4 Å². The minimum atomic E-state index is -0.0571. The van der Waals surface area contributed by atoms with Crippen molar-refractivity contribution in [2.75, 3.05) is 5.75 Å². The number of hydrogen-bond acceptors (Lipinski definition) is 4. The van der Waals surface area contributed by atoms with Gasteiger partial charge in [0.15, 0.2) is 5.78 Å². The van der Waals surface area contributed by atoms with Gasteiger partial charge in [-0.15, -0.1) is 0 Å². The lowest BCUT2D eigenvalue weighted by Gasteiger charge is -2.03. The monoisotopic (exact) mass is 368 g/mol. The number of hydrogen-bond donors (Lipinski definition) is 0. The second-order valence-electron chi connectivity index (χ2n) is 6.18. The van der Waals surface area contributed by atoms with Crippen LogP contribution in [0.25, 0.3) is 0 Å².